The fourth-order valence-electron chi connectivity index (χ4n) is 3.38. The van der Waals surface area contributed by atoms with Gasteiger partial charge in [-0.25, -0.2) is 0 Å². The first-order valence-corrected chi connectivity index (χ1v) is 8.76. The van der Waals surface area contributed by atoms with Crippen molar-refractivity contribution in [1.29, 1.82) is 0 Å². The molecule has 0 radical (unpaired) electrons. The molecule has 1 aliphatic rings. The third kappa shape index (κ3) is 5.52. The van der Waals surface area contributed by atoms with Crippen LogP contribution in [-0.2, 0) is 9.53 Å². The Morgan fingerprint density at radius 1 is 1.25 bits per heavy atom. The molecule has 0 heterocycles. The summed E-state index contributed by atoms with van der Waals surface area (Å²) in [7, 11) is 0. The fraction of sp³-hybridized carbons (Fsp3) is 0.500. The van der Waals surface area contributed by atoms with Crippen molar-refractivity contribution in [3.8, 4) is 0 Å². The molecule has 0 unspecified atom stereocenters. The summed E-state index contributed by atoms with van der Waals surface area (Å²) in [5.74, 6) is 0.0516. The van der Waals surface area contributed by atoms with Crippen molar-refractivity contribution >= 4 is 11.9 Å². The van der Waals surface area contributed by atoms with E-state index in [-0.39, 0.29) is 17.9 Å². The van der Waals surface area contributed by atoms with Crippen LogP contribution >= 0.6 is 0 Å². The van der Waals surface area contributed by atoms with Gasteiger partial charge in [0.25, 0.3) is 5.91 Å². The molecule has 24 heavy (non-hydrogen) atoms. The van der Waals surface area contributed by atoms with Gasteiger partial charge in [0, 0.05) is 12.5 Å². The van der Waals surface area contributed by atoms with E-state index in [0.29, 0.717) is 11.5 Å². The highest BCUT2D eigenvalue weighted by Crippen LogP contribution is 2.28. The number of carbonyl (C=O) groups is 2. The van der Waals surface area contributed by atoms with E-state index in [4.69, 9.17) is 4.74 Å². The molecule has 2 rings (SSSR count). The quantitative estimate of drug-likeness (QED) is 0.610. The zero-order chi connectivity index (χ0) is 17.4. The third-order valence-electron chi connectivity index (χ3n) is 4.60. The second kappa shape index (κ2) is 9.26. The molecule has 4 nitrogen and oxygen atoms in total. The second-order valence-corrected chi connectivity index (χ2v) is 6.50. The topological polar surface area (TPSA) is 55.4 Å². The summed E-state index contributed by atoms with van der Waals surface area (Å²) < 4.78 is 5.37. The molecule has 1 aliphatic carbocycles. The highest BCUT2D eigenvalue weighted by molar-refractivity contribution is 5.94. The number of nitrogens with one attached hydrogen (secondary N) is 1. The molecule has 1 aromatic carbocycles. The number of hydrogen-bond donors (Lipinski definition) is 1. The first kappa shape index (κ1) is 18.2. The Labute approximate surface area is 144 Å². The summed E-state index contributed by atoms with van der Waals surface area (Å²) in [6.07, 6.45) is 8.00. The van der Waals surface area contributed by atoms with Gasteiger partial charge in [-0.15, -0.1) is 0 Å². The Hall–Kier alpha value is -2.10. The van der Waals surface area contributed by atoms with E-state index in [9.17, 15) is 9.59 Å². The minimum absolute atomic E-state index is 0.143. The minimum atomic E-state index is -0.503. The van der Waals surface area contributed by atoms with Crippen LogP contribution in [0.25, 0.3) is 0 Å². The number of ether oxygens (including phenoxy) is 1. The van der Waals surface area contributed by atoms with E-state index >= 15 is 0 Å². The number of amides is 1. The van der Waals surface area contributed by atoms with Crippen molar-refractivity contribution in [2.45, 2.75) is 57.6 Å². The van der Waals surface area contributed by atoms with Crippen molar-refractivity contribution in [3.63, 3.8) is 0 Å². The first-order valence-electron chi connectivity index (χ1n) is 8.76. The number of hydrogen-bond acceptors (Lipinski definition) is 3. The van der Waals surface area contributed by atoms with Crippen LogP contribution in [0.2, 0.25) is 0 Å². The zero-order valence-electron chi connectivity index (χ0n) is 14.4. The Morgan fingerprint density at radius 2 is 1.92 bits per heavy atom. The van der Waals surface area contributed by atoms with Crippen LogP contribution in [0.3, 0.4) is 0 Å². The molecule has 4 heteroatoms. The molecule has 0 aliphatic heterocycles. The lowest BCUT2D eigenvalue weighted by molar-refractivity contribution is -0.145. The van der Waals surface area contributed by atoms with Gasteiger partial charge in [0.05, 0.1) is 6.04 Å². The first-order chi connectivity index (χ1) is 11.6. The van der Waals surface area contributed by atoms with Crippen LogP contribution < -0.4 is 5.32 Å². The Morgan fingerprint density at radius 3 is 2.50 bits per heavy atom. The van der Waals surface area contributed by atoms with Crippen molar-refractivity contribution in [3.05, 3.63) is 48.6 Å². The van der Waals surface area contributed by atoms with Crippen LogP contribution in [0.1, 0.15) is 55.8 Å². The van der Waals surface area contributed by atoms with Crippen molar-refractivity contribution in [1.82, 2.24) is 5.32 Å². The van der Waals surface area contributed by atoms with Crippen LogP contribution in [0.4, 0.5) is 0 Å². The maximum atomic E-state index is 12.5. The molecule has 130 valence electrons. The SMILES string of the molecule is C=C[C@H](OC(C)=O)[C@H](CC1CCCCC1)NC(=O)c1ccccc1. The van der Waals surface area contributed by atoms with Gasteiger partial charge >= 0.3 is 5.97 Å². The molecular formula is C20H27NO3. The number of esters is 1. The molecule has 1 amide bonds. The highest BCUT2D eigenvalue weighted by Gasteiger charge is 2.27. The molecule has 0 bridgehead atoms. The van der Waals surface area contributed by atoms with Gasteiger partial charge in [-0.2, -0.15) is 0 Å². The van der Waals surface area contributed by atoms with E-state index in [1.165, 1.54) is 39.0 Å². The largest absolute Gasteiger partial charge is 0.456 e. The van der Waals surface area contributed by atoms with Gasteiger partial charge in [-0.05, 0) is 30.5 Å². The Balaban J connectivity index is 2.09. The average Bonchev–Trinajstić information content (AvgIpc) is 2.60. The van der Waals surface area contributed by atoms with E-state index in [1.807, 2.05) is 18.2 Å². The average molecular weight is 329 g/mol. The predicted octanol–water partition coefficient (Wildman–Crippen LogP) is 3.87. The van der Waals surface area contributed by atoms with Gasteiger partial charge < -0.3 is 10.1 Å². The molecular weight excluding hydrogens is 302 g/mol. The normalized spacial score (nSPS) is 17.5. The van der Waals surface area contributed by atoms with Gasteiger partial charge in [0.1, 0.15) is 6.10 Å². The lowest BCUT2D eigenvalue weighted by atomic mass is 9.83. The maximum absolute atomic E-state index is 12.5. The van der Waals surface area contributed by atoms with Crippen molar-refractivity contribution in [2.75, 3.05) is 0 Å². The summed E-state index contributed by atoms with van der Waals surface area (Å²) in [4.78, 5) is 23.9. The van der Waals surface area contributed by atoms with E-state index < -0.39 is 6.10 Å². The molecule has 0 saturated heterocycles. The lowest BCUT2D eigenvalue weighted by Gasteiger charge is -2.30. The van der Waals surface area contributed by atoms with Crippen LogP contribution in [0, 0.1) is 5.92 Å². The monoisotopic (exact) mass is 329 g/mol. The van der Waals surface area contributed by atoms with Crippen LogP contribution in [0.5, 0.6) is 0 Å². The minimum Gasteiger partial charge on any atom is -0.456 e. The number of carbonyl (C=O) groups excluding carboxylic acids is 2. The summed E-state index contributed by atoms with van der Waals surface area (Å²) in [6.45, 7) is 5.16. The second-order valence-electron chi connectivity index (χ2n) is 6.50. The van der Waals surface area contributed by atoms with Gasteiger partial charge in [-0.3, -0.25) is 9.59 Å². The molecule has 1 saturated carbocycles. The van der Waals surface area contributed by atoms with Crippen LogP contribution in [-0.4, -0.2) is 24.0 Å². The Kier molecular flexibility index (Phi) is 7.04. The van der Waals surface area contributed by atoms with Crippen molar-refractivity contribution in [2.24, 2.45) is 5.92 Å². The van der Waals surface area contributed by atoms with Gasteiger partial charge in [-0.1, -0.05) is 56.9 Å². The third-order valence-corrected chi connectivity index (χ3v) is 4.60. The molecule has 1 fully saturated rings. The molecule has 1 N–H and O–H groups in total. The Bertz CT molecular complexity index is 549. The summed E-state index contributed by atoms with van der Waals surface area (Å²) in [6, 6.07) is 8.86. The predicted molar refractivity (Wildman–Crippen MR) is 94.6 cm³/mol. The van der Waals surface area contributed by atoms with Crippen LogP contribution in [0.15, 0.2) is 43.0 Å². The smallest absolute Gasteiger partial charge is 0.303 e. The number of benzene rings is 1. The molecule has 0 aromatic heterocycles. The van der Waals surface area contributed by atoms with Gasteiger partial charge in [0.2, 0.25) is 0 Å². The summed E-state index contributed by atoms with van der Waals surface area (Å²) >= 11 is 0. The van der Waals surface area contributed by atoms with Gasteiger partial charge in [0.15, 0.2) is 0 Å². The number of rotatable bonds is 7. The summed E-state index contributed by atoms with van der Waals surface area (Å²) in [5.41, 5.74) is 0.608. The van der Waals surface area contributed by atoms with Crippen molar-refractivity contribution < 1.29 is 14.3 Å². The maximum Gasteiger partial charge on any atom is 0.303 e. The standard InChI is InChI=1S/C20H27NO3/c1-3-19(24-15(2)22)18(14-16-10-6-4-7-11-16)21-20(23)17-12-8-5-9-13-17/h3,5,8-9,12-13,16,18-19H,1,4,6-7,10-11,14H2,2H3,(H,21,23)/t18-,19-/m0/s1. The van der Waals surface area contributed by atoms with E-state index in [0.717, 1.165) is 6.42 Å². The highest BCUT2D eigenvalue weighted by atomic mass is 16.5. The molecule has 2 atom stereocenters. The summed E-state index contributed by atoms with van der Waals surface area (Å²) in [5, 5.41) is 3.05. The lowest BCUT2D eigenvalue weighted by Crippen LogP contribution is -2.45. The van der Waals surface area contributed by atoms with E-state index in [2.05, 4.69) is 11.9 Å². The van der Waals surface area contributed by atoms with E-state index in [1.54, 1.807) is 18.2 Å². The fourth-order valence-corrected chi connectivity index (χ4v) is 3.38. The molecule has 0 spiro atoms. The molecule has 1 aromatic rings. The zero-order valence-corrected chi connectivity index (χ0v) is 14.4.